The average Bonchev–Trinajstić information content (AvgIpc) is 2.65. The first-order valence-corrected chi connectivity index (χ1v) is 8.81. The Kier molecular flexibility index (Phi) is 7.15. The van der Waals surface area contributed by atoms with E-state index in [0.29, 0.717) is 11.6 Å². The van der Waals surface area contributed by atoms with Crippen LogP contribution in [-0.2, 0) is 20.7 Å². The van der Waals surface area contributed by atoms with E-state index in [1.807, 2.05) is 48.5 Å². The maximum atomic E-state index is 11.8. The van der Waals surface area contributed by atoms with Gasteiger partial charge in [-0.3, -0.25) is 4.79 Å². The number of hydrogen-bond donors (Lipinski definition) is 1. The highest BCUT2D eigenvalue weighted by atomic mass is 16.5. The van der Waals surface area contributed by atoms with Gasteiger partial charge in [0, 0.05) is 11.8 Å². The van der Waals surface area contributed by atoms with Gasteiger partial charge in [0.1, 0.15) is 0 Å². The Morgan fingerprint density at radius 3 is 2.27 bits per heavy atom. The van der Waals surface area contributed by atoms with Crippen molar-refractivity contribution in [1.82, 2.24) is 0 Å². The second-order valence-electron chi connectivity index (χ2n) is 6.36. The molecule has 4 nitrogen and oxygen atoms in total. The Labute approximate surface area is 154 Å². The first-order valence-electron chi connectivity index (χ1n) is 8.81. The van der Waals surface area contributed by atoms with E-state index >= 15 is 0 Å². The van der Waals surface area contributed by atoms with E-state index in [4.69, 9.17) is 4.74 Å². The summed E-state index contributed by atoms with van der Waals surface area (Å²) in [6, 6.07) is 15.5. The van der Waals surface area contributed by atoms with E-state index in [-0.39, 0.29) is 12.5 Å². The summed E-state index contributed by atoms with van der Waals surface area (Å²) in [4.78, 5) is 23.6. The molecule has 0 atom stereocenters. The summed E-state index contributed by atoms with van der Waals surface area (Å²) >= 11 is 0. The quantitative estimate of drug-likeness (QED) is 0.587. The second kappa shape index (κ2) is 9.56. The van der Waals surface area contributed by atoms with E-state index in [2.05, 4.69) is 26.1 Å². The average molecular weight is 351 g/mol. The molecule has 0 saturated heterocycles. The lowest BCUT2D eigenvalue weighted by Gasteiger charge is -2.06. The van der Waals surface area contributed by atoms with E-state index in [9.17, 15) is 9.59 Å². The van der Waals surface area contributed by atoms with Crippen molar-refractivity contribution in [3.63, 3.8) is 0 Å². The lowest BCUT2D eigenvalue weighted by molar-refractivity contribution is -0.142. The summed E-state index contributed by atoms with van der Waals surface area (Å²) < 4.78 is 4.97. The topological polar surface area (TPSA) is 55.4 Å². The van der Waals surface area contributed by atoms with Gasteiger partial charge in [0.2, 0.25) is 0 Å². The maximum Gasteiger partial charge on any atom is 0.331 e. The molecule has 0 unspecified atom stereocenters. The third kappa shape index (κ3) is 6.20. The predicted octanol–water partition coefficient (Wildman–Crippen LogP) is 4.57. The molecule has 4 heteroatoms. The number of carbonyl (C=O) groups is 2. The van der Waals surface area contributed by atoms with Crippen molar-refractivity contribution in [1.29, 1.82) is 0 Å². The number of nitrogens with one attached hydrogen (secondary N) is 1. The van der Waals surface area contributed by atoms with Gasteiger partial charge in [0.15, 0.2) is 6.61 Å². The number of anilines is 1. The van der Waals surface area contributed by atoms with Crippen LogP contribution >= 0.6 is 0 Å². The molecule has 0 aliphatic carbocycles. The van der Waals surface area contributed by atoms with Gasteiger partial charge in [-0.15, -0.1) is 0 Å². The smallest absolute Gasteiger partial charge is 0.331 e. The van der Waals surface area contributed by atoms with Crippen LogP contribution in [0, 0.1) is 0 Å². The minimum Gasteiger partial charge on any atom is -0.452 e. The molecule has 0 saturated carbocycles. The number of esters is 1. The SMILES string of the molecule is CCc1ccc(NC(=O)COC(=O)/C=C/c2ccc(C(C)C)cc2)cc1. The zero-order chi connectivity index (χ0) is 18.9. The minimum atomic E-state index is -0.547. The van der Waals surface area contributed by atoms with Crippen molar-refractivity contribution in [2.45, 2.75) is 33.1 Å². The molecule has 26 heavy (non-hydrogen) atoms. The van der Waals surface area contributed by atoms with Crippen molar-refractivity contribution in [3.8, 4) is 0 Å². The van der Waals surface area contributed by atoms with Crippen LogP contribution in [0.4, 0.5) is 5.69 Å². The molecule has 0 heterocycles. The number of rotatable bonds is 7. The standard InChI is InChI=1S/C22H25NO3/c1-4-17-7-12-20(13-8-17)23-21(24)15-26-22(25)14-9-18-5-10-19(11-6-18)16(2)3/h5-14,16H,4,15H2,1-3H3,(H,23,24)/b14-9+. The summed E-state index contributed by atoms with van der Waals surface area (Å²) in [7, 11) is 0. The van der Waals surface area contributed by atoms with Crippen molar-refractivity contribution < 1.29 is 14.3 Å². The fraction of sp³-hybridized carbons (Fsp3) is 0.273. The normalized spacial score (nSPS) is 10.9. The minimum absolute atomic E-state index is 0.314. The van der Waals surface area contributed by atoms with Crippen LogP contribution in [0.15, 0.2) is 54.6 Å². The molecule has 0 spiro atoms. The molecular weight excluding hydrogens is 326 g/mol. The van der Waals surface area contributed by atoms with Crippen LogP contribution in [0.2, 0.25) is 0 Å². The highest BCUT2D eigenvalue weighted by Gasteiger charge is 2.06. The monoisotopic (exact) mass is 351 g/mol. The van der Waals surface area contributed by atoms with Gasteiger partial charge in [-0.1, -0.05) is 57.2 Å². The van der Waals surface area contributed by atoms with Crippen LogP contribution in [0.5, 0.6) is 0 Å². The Balaban J connectivity index is 1.78. The molecule has 0 bridgehead atoms. The number of amides is 1. The largest absolute Gasteiger partial charge is 0.452 e. The maximum absolute atomic E-state index is 11.8. The molecule has 0 aliphatic rings. The first-order chi connectivity index (χ1) is 12.5. The Bertz CT molecular complexity index is 759. The van der Waals surface area contributed by atoms with Crippen LogP contribution < -0.4 is 5.32 Å². The number of ether oxygens (including phenoxy) is 1. The number of aryl methyl sites for hydroxylation is 1. The molecule has 1 amide bonds. The summed E-state index contributed by atoms with van der Waals surface area (Å²) in [5.74, 6) is -0.443. The number of carbonyl (C=O) groups excluding carboxylic acids is 2. The first kappa shape index (κ1) is 19.4. The highest BCUT2D eigenvalue weighted by Crippen LogP contribution is 2.15. The molecule has 2 aromatic carbocycles. The summed E-state index contributed by atoms with van der Waals surface area (Å²) in [6.07, 6.45) is 3.94. The molecule has 0 radical (unpaired) electrons. The van der Waals surface area contributed by atoms with Gasteiger partial charge in [-0.2, -0.15) is 0 Å². The zero-order valence-corrected chi connectivity index (χ0v) is 15.5. The molecule has 2 rings (SSSR count). The van der Waals surface area contributed by atoms with Crippen LogP contribution in [-0.4, -0.2) is 18.5 Å². The van der Waals surface area contributed by atoms with E-state index in [0.717, 1.165) is 12.0 Å². The van der Waals surface area contributed by atoms with E-state index in [1.54, 1.807) is 6.08 Å². The van der Waals surface area contributed by atoms with Crippen molar-refractivity contribution in [2.75, 3.05) is 11.9 Å². The van der Waals surface area contributed by atoms with Gasteiger partial charge in [-0.25, -0.2) is 4.79 Å². The van der Waals surface area contributed by atoms with Gasteiger partial charge in [0.25, 0.3) is 5.91 Å². The lowest BCUT2D eigenvalue weighted by atomic mass is 10.0. The highest BCUT2D eigenvalue weighted by molar-refractivity contribution is 5.94. The number of hydrogen-bond acceptors (Lipinski definition) is 3. The molecule has 0 aromatic heterocycles. The van der Waals surface area contributed by atoms with Crippen molar-refractivity contribution >= 4 is 23.6 Å². The lowest BCUT2D eigenvalue weighted by Crippen LogP contribution is -2.20. The van der Waals surface area contributed by atoms with Gasteiger partial charge in [-0.05, 0) is 47.2 Å². The van der Waals surface area contributed by atoms with Crippen LogP contribution in [0.25, 0.3) is 6.08 Å². The molecule has 0 fully saturated rings. The van der Waals surface area contributed by atoms with Gasteiger partial charge in [0.05, 0.1) is 0 Å². The molecule has 1 N–H and O–H groups in total. The summed E-state index contributed by atoms with van der Waals surface area (Å²) in [6.45, 7) is 6.01. The zero-order valence-electron chi connectivity index (χ0n) is 15.5. The third-order valence-corrected chi connectivity index (χ3v) is 4.01. The molecule has 2 aromatic rings. The molecule has 136 valence electrons. The summed E-state index contributed by atoms with van der Waals surface area (Å²) in [5, 5.41) is 2.70. The Morgan fingerprint density at radius 2 is 1.69 bits per heavy atom. The van der Waals surface area contributed by atoms with Crippen molar-refractivity contribution in [2.24, 2.45) is 0 Å². The summed E-state index contributed by atoms with van der Waals surface area (Å²) in [5.41, 5.74) is 4.03. The van der Waals surface area contributed by atoms with E-state index < -0.39 is 5.97 Å². The third-order valence-electron chi connectivity index (χ3n) is 4.01. The fourth-order valence-electron chi connectivity index (χ4n) is 2.36. The van der Waals surface area contributed by atoms with Crippen molar-refractivity contribution in [3.05, 3.63) is 71.3 Å². The Hall–Kier alpha value is -2.88. The van der Waals surface area contributed by atoms with Crippen LogP contribution in [0.3, 0.4) is 0 Å². The fourth-order valence-corrected chi connectivity index (χ4v) is 2.36. The van der Waals surface area contributed by atoms with E-state index in [1.165, 1.54) is 17.2 Å². The number of benzene rings is 2. The predicted molar refractivity (Wildman–Crippen MR) is 105 cm³/mol. The molecule has 0 aliphatic heterocycles. The molecular formula is C22H25NO3. The van der Waals surface area contributed by atoms with Gasteiger partial charge < -0.3 is 10.1 Å². The second-order valence-corrected chi connectivity index (χ2v) is 6.36. The van der Waals surface area contributed by atoms with Crippen LogP contribution in [0.1, 0.15) is 43.4 Å². The van der Waals surface area contributed by atoms with Gasteiger partial charge >= 0.3 is 5.97 Å². The Morgan fingerprint density at radius 1 is 1.04 bits per heavy atom.